The molecule has 1 atom stereocenters. The molecule has 1 aromatic heterocycles. The molecule has 1 aliphatic rings. The van der Waals surface area contributed by atoms with Crippen molar-refractivity contribution in [3.63, 3.8) is 0 Å². The SMILES string of the molecule is CC(C)(C)OC(=O)N1CCCC(c2ccncc2C#N)C1. The summed E-state index contributed by atoms with van der Waals surface area (Å²) in [5.41, 5.74) is 1.08. The molecule has 0 bridgehead atoms. The van der Waals surface area contributed by atoms with Gasteiger partial charge in [0.2, 0.25) is 0 Å². The van der Waals surface area contributed by atoms with E-state index in [0.717, 1.165) is 18.4 Å². The third-order valence-corrected chi connectivity index (χ3v) is 3.49. The van der Waals surface area contributed by atoms with E-state index in [2.05, 4.69) is 11.1 Å². The monoisotopic (exact) mass is 287 g/mol. The minimum atomic E-state index is -0.488. The average Bonchev–Trinajstić information content (AvgIpc) is 2.45. The summed E-state index contributed by atoms with van der Waals surface area (Å²) in [5.74, 6) is 0.170. The van der Waals surface area contributed by atoms with Gasteiger partial charge in [0.15, 0.2) is 0 Å². The zero-order chi connectivity index (χ0) is 15.5. The molecule has 0 spiro atoms. The van der Waals surface area contributed by atoms with E-state index in [-0.39, 0.29) is 12.0 Å². The standard InChI is InChI=1S/C16H21N3O2/c1-16(2,3)21-15(20)19-8-4-5-12(11-19)14-6-7-18-10-13(14)9-17/h6-7,10,12H,4-5,8,11H2,1-3H3. The molecule has 1 aromatic rings. The lowest BCUT2D eigenvalue weighted by molar-refractivity contribution is 0.0198. The lowest BCUT2D eigenvalue weighted by Crippen LogP contribution is -2.42. The molecule has 2 rings (SSSR count). The van der Waals surface area contributed by atoms with Crippen molar-refractivity contribution in [3.05, 3.63) is 29.6 Å². The lowest BCUT2D eigenvalue weighted by Gasteiger charge is -2.34. The number of carbonyl (C=O) groups is 1. The first-order valence-electron chi connectivity index (χ1n) is 7.22. The third kappa shape index (κ3) is 3.94. The Morgan fingerprint density at radius 1 is 1.52 bits per heavy atom. The van der Waals surface area contributed by atoms with Crippen LogP contribution in [0.3, 0.4) is 0 Å². The van der Waals surface area contributed by atoms with Gasteiger partial charge in [0.05, 0.1) is 5.56 Å². The highest BCUT2D eigenvalue weighted by Gasteiger charge is 2.29. The van der Waals surface area contributed by atoms with Crippen molar-refractivity contribution in [2.75, 3.05) is 13.1 Å². The average molecular weight is 287 g/mol. The van der Waals surface area contributed by atoms with Crippen LogP contribution in [0.2, 0.25) is 0 Å². The van der Waals surface area contributed by atoms with Crippen molar-refractivity contribution in [1.29, 1.82) is 5.26 Å². The van der Waals surface area contributed by atoms with Gasteiger partial charge in [-0.2, -0.15) is 5.26 Å². The number of likely N-dealkylation sites (tertiary alicyclic amines) is 1. The fourth-order valence-electron chi connectivity index (χ4n) is 2.58. The van der Waals surface area contributed by atoms with Gasteiger partial charge in [0.25, 0.3) is 0 Å². The van der Waals surface area contributed by atoms with Gasteiger partial charge in [-0.25, -0.2) is 4.79 Å². The predicted molar refractivity (Wildman–Crippen MR) is 78.7 cm³/mol. The first-order valence-corrected chi connectivity index (χ1v) is 7.22. The van der Waals surface area contributed by atoms with Gasteiger partial charge in [0, 0.05) is 31.4 Å². The van der Waals surface area contributed by atoms with E-state index < -0.39 is 5.60 Å². The Balaban J connectivity index is 2.11. The van der Waals surface area contributed by atoms with Crippen molar-refractivity contribution >= 4 is 6.09 Å². The number of pyridine rings is 1. The van der Waals surface area contributed by atoms with Crippen LogP contribution < -0.4 is 0 Å². The van der Waals surface area contributed by atoms with Crippen LogP contribution in [-0.4, -0.2) is 34.7 Å². The largest absolute Gasteiger partial charge is 0.444 e. The molecule has 5 nitrogen and oxygen atoms in total. The number of amides is 1. The highest BCUT2D eigenvalue weighted by atomic mass is 16.6. The number of nitrogens with zero attached hydrogens (tertiary/aromatic N) is 3. The van der Waals surface area contributed by atoms with Gasteiger partial charge >= 0.3 is 6.09 Å². The fraction of sp³-hybridized carbons (Fsp3) is 0.562. The summed E-state index contributed by atoms with van der Waals surface area (Å²) in [7, 11) is 0. The molecule has 1 fully saturated rings. The minimum Gasteiger partial charge on any atom is -0.444 e. The van der Waals surface area contributed by atoms with Crippen molar-refractivity contribution in [2.45, 2.75) is 45.1 Å². The summed E-state index contributed by atoms with van der Waals surface area (Å²) in [6.07, 6.45) is 4.89. The molecular formula is C16H21N3O2. The van der Waals surface area contributed by atoms with Crippen LogP contribution in [0, 0.1) is 11.3 Å². The van der Waals surface area contributed by atoms with E-state index in [4.69, 9.17) is 4.74 Å². The van der Waals surface area contributed by atoms with Crippen molar-refractivity contribution in [3.8, 4) is 6.07 Å². The number of hydrogen-bond acceptors (Lipinski definition) is 4. The van der Waals surface area contributed by atoms with Gasteiger partial charge in [-0.3, -0.25) is 4.98 Å². The summed E-state index contributed by atoms with van der Waals surface area (Å²) in [4.78, 5) is 17.9. The summed E-state index contributed by atoms with van der Waals surface area (Å²) in [6.45, 7) is 6.89. The number of rotatable bonds is 1. The molecule has 112 valence electrons. The third-order valence-electron chi connectivity index (χ3n) is 3.49. The maximum Gasteiger partial charge on any atom is 0.410 e. The highest BCUT2D eigenvalue weighted by molar-refractivity contribution is 5.68. The molecule has 2 heterocycles. The van der Waals surface area contributed by atoms with E-state index in [9.17, 15) is 10.1 Å². The number of aromatic nitrogens is 1. The Morgan fingerprint density at radius 2 is 2.29 bits per heavy atom. The molecular weight excluding hydrogens is 266 g/mol. The van der Waals surface area contributed by atoms with Crippen molar-refractivity contribution < 1.29 is 9.53 Å². The van der Waals surface area contributed by atoms with Gasteiger partial charge in [-0.1, -0.05) is 0 Å². The summed E-state index contributed by atoms with van der Waals surface area (Å²) < 4.78 is 5.43. The highest BCUT2D eigenvalue weighted by Crippen LogP contribution is 2.29. The van der Waals surface area contributed by atoms with Crippen LogP contribution in [0.15, 0.2) is 18.5 Å². The predicted octanol–water partition coefficient (Wildman–Crippen LogP) is 3.07. The number of carbonyl (C=O) groups excluding carboxylic acids is 1. The van der Waals surface area contributed by atoms with Crippen LogP contribution >= 0.6 is 0 Å². The topological polar surface area (TPSA) is 66.2 Å². The molecule has 0 saturated carbocycles. The second-order valence-corrected chi connectivity index (χ2v) is 6.34. The zero-order valence-electron chi connectivity index (χ0n) is 12.8. The Morgan fingerprint density at radius 3 is 2.95 bits per heavy atom. The Hall–Kier alpha value is -2.09. The maximum atomic E-state index is 12.2. The van der Waals surface area contributed by atoms with Gasteiger partial charge in [-0.05, 0) is 45.2 Å². The number of ether oxygens (including phenoxy) is 1. The molecule has 1 saturated heterocycles. The summed E-state index contributed by atoms with van der Waals surface area (Å²) >= 11 is 0. The van der Waals surface area contributed by atoms with Crippen molar-refractivity contribution in [2.24, 2.45) is 0 Å². The van der Waals surface area contributed by atoms with Gasteiger partial charge in [-0.15, -0.1) is 0 Å². The number of hydrogen-bond donors (Lipinski definition) is 0. The molecule has 1 aliphatic heterocycles. The quantitative estimate of drug-likeness (QED) is 0.796. The maximum absolute atomic E-state index is 12.2. The van der Waals surface area contributed by atoms with Gasteiger partial charge < -0.3 is 9.64 Å². The normalized spacial score (nSPS) is 19.0. The molecule has 0 radical (unpaired) electrons. The van der Waals surface area contributed by atoms with Crippen LogP contribution in [-0.2, 0) is 4.74 Å². The first-order chi connectivity index (χ1) is 9.90. The van der Waals surface area contributed by atoms with E-state index in [0.29, 0.717) is 18.7 Å². The molecule has 21 heavy (non-hydrogen) atoms. The summed E-state index contributed by atoms with van der Waals surface area (Å²) in [5, 5.41) is 9.18. The molecule has 1 amide bonds. The van der Waals surface area contributed by atoms with E-state index in [1.165, 1.54) is 0 Å². The second-order valence-electron chi connectivity index (χ2n) is 6.34. The molecule has 1 unspecified atom stereocenters. The number of nitriles is 1. The molecule has 0 N–H and O–H groups in total. The van der Waals surface area contributed by atoms with E-state index >= 15 is 0 Å². The second kappa shape index (κ2) is 6.13. The molecule has 5 heteroatoms. The Kier molecular flexibility index (Phi) is 4.46. The Bertz CT molecular complexity index is 557. The van der Waals surface area contributed by atoms with Crippen LogP contribution in [0.5, 0.6) is 0 Å². The van der Waals surface area contributed by atoms with E-state index in [1.54, 1.807) is 17.3 Å². The van der Waals surface area contributed by atoms with E-state index in [1.807, 2.05) is 26.8 Å². The Labute approximate surface area is 125 Å². The molecule has 0 aromatic carbocycles. The molecule has 0 aliphatic carbocycles. The summed E-state index contributed by atoms with van der Waals surface area (Å²) in [6, 6.07) is 4.05. The fourth-order valence-corrected chi connectivity index (χ4v) is 2.58. The lowest BCUT2D eigenvalue weighted by atomic mass is 9.89. The van der Waals surface area contributed by atoms with Gasteiger partial charge in [0.1, 0.15) is 11.7 Å². The minimum absolute atomic E-state index is 0.170. The smallest absolute Gasteiger partial charge is 0.410 e. The van der Waals surface area contributed by atoms with Crippen molar-refractivity contribution in [1.82, 2.24) is 9.88 Å². The first kappa shape index (κ1) is 15.3. The van der Waals surface area contributed by atoms with Crippen LogP contribution in [0.1, 0.15) is 50.7 Å². The van der Waals surface area contributed by atoms with Crippen LogP contribution in [0.25, 0.3) is 0 Å². The van der Waals surface area contributed by atoms with Crippen LogP contribution in [0.4, 0.5) is 4.79 Å². The number of piperidine rings is 1. The zero-order valence-corrected chi connectivity index (χ0v) is 12.8.